The normalized spacial score (nSPS) is 19.6. The van der Waals surface area contributed by atoms with E-state index in [-0.39, 0.29) is 5.91 Å². The number of carbonyl (C=O) groups excluding carboxylic acids is 1. The summed E-state index contributed by atoms with van der Waals surface area (Å²) in [5, 5.41) is 18.5. The second kappa shape index (κ2) is 8.47. The van der Waals surface area contributed by atoms with E-state index in [0.717, 1.165) is 29.3 Å². The number of hydrogen-bond donors (Lipinski definition) is 3. The number of aromatic nitrogens is 7. The summed E-state index contributed by atoms with van der Waals surface area (Å²) in [5.41, 5.74) is 1.07. The molecule has 0 unspecified atom stereocenters. The van der Waals surface area contributed by atoms with Gasteiger partial charge in [-0.1, -0.05) is 0 Å². The second-order valence-corrected chi connectivity index (χ2v) is 9.84. The van der Waals surface area contributed by atoms with Crippen LogP contribution in [0.4, 0.5) is 29.2 Å². The van der Waals surface area contributed by atoms with Crippen LogP contribution in [0.1, 0.15) is 44.2 Å². The van der Waals surface area contributed by atoms with Gasteiger partial charge in [0.05, 0.1) is 18.1 Å². The van der Waals surface area contributed by atoms with Crippen molar-refractivity contribution >= 4 is 40.6 Å². The molecule has 1 amide bonds. The molecule has 5 heterocycles. The molecule has 1 atom stereocenters. The van der Waals surface area contributed by atoms with Crippen LogP contribution < -0.4 is 20.4 Å². The number of rotatable bonds is 7. The zero-order chi connectivity index (χ0) is 24.9. The van der Waals surface area contributed by atoms with E-state index in [9.17, 15) is 4.79 Å². The molecule has 3 N–H and O–H groups in total. The second-order valence-electron chi connectivity index (χ2n) is 9.84. The molecular formula is C24H29N11O. The maximum atomic E-state index is 13.5. The third-order valence-corrected chi connectivity index (χ3v) is 6.94. The molecule has 186 valence electrons. The first kappa shape index (κ1) is 22.3. The Morgan fingerprint density at radius 2 is 2.11 bits per heavy atom. The fourth-order valence-corrected chi connectivity index (χ4v) is 4.63. The van der Waals surface area contributed by atoms with E-state index in [0.29, 0.717) is 36.5 Å². The molecule has 1 saturated carbocycles. The number of H-pyrrole nitrogens is 1. The molecule has 1 aliphatic heterocycles. The fourth-order valence-electron chi connectivity index (χ4n) is 4.63. The Labute approximate surface area is 208 Å². The van der Waals surface area contributed by atoms with Gasteiger partial charge in [-0.05, 0) is 44.7 Å². The van der Waals surface area contributed by atoms with Gasteiger partial charge in [0.2, 0.25) is 5.95 Å². The number of anilines is 5. The van der Waals surface area contributed by atoms with Gasteiger partial charge in [0.15, 0.2) is 11.6 Å². The number of aromatic amines is 1. The molecule has 36 heavy (non-hydrogen) atoms. The van der Waals surface area contributed by atoms with Crippen LogP contribution in [0.25, 0.3) is 5.52 Å². The summed E-state index contributed by atoms with van der Waals surface area (Å²) in [6.45, 7) is 2.58. The van der Waals surface area contributed by atoms with Crippen LogP contribution in [0.2, 0.25) is 0 Å². The Kier molecular flexibility index (Phi) is 5.23. The van der Waals surface area contributed by atoms with Crippen molar-refractivity contribution in [3.63, 3.8) is 0 Å². The first-order valence-electron chi connectivity index (χ1n) is 12.2. The molecule has 4 aromatic rings. The Morgan fingerprint density at radius 1 is 1.25 bits per heavy atom. The van der Waals surface area contributed by atoms with E-state index < -0.39 is 5.54 Å². The summed E-state index contributed by atoms with van der Waals surface area (Å²) in [6.07, 6.45) is 8.97. The predicted octanol–water partition coefficient (Wildman–Crippen LogP) is 2.93. The summed E-state index contributed by atoms with van der Waals surface area (Å²) in [4.78, 5) is 30.9. The van der Waals surface area contributed by atoms with E-state index in [1.54, 1.807) is 16.9 Å². The Bertz CT molecular complexity index is 1410. The van der Waals surface area contributed by atoms with Crippen molar-refractivity contribution in [2.75, 3.05) is 41.1 Å². The first-order chi connectivity index (χ1) is 17.4. The molecule has 2 fully saturated rings. The highest BCUT2D eigenvalue weighted by Gasteiger charge is 2.45. The fraction of sp³-hybridized carbons (Fsp3) is 0.417. The highest BCUT2D eigenvalue weighted by Crippen LogP contribution is 2.40. The van der Waals surface area contributed by atoms with Gasteiger partial charge in [-0.25, -0.2) is 14.5 Å². The summed E-state index contributed by atoms with van der Waals surface area (Å²) >= 11 is 0. The van der Waals surface area contributed by atoms with Gasteiger partial charge in [0, 0.05) is 38.8 Å². The Morgan fingerprint density at radius 3 is 2.86 bits per heavy atom. The molecule has 6 rings (SSSR count). The molecule has 0 aromatic carbocycles. The minimum Gasteiger partial charge on any atom is -0.361 e. The minimum atomic E-state index is -0.840. The maximum absolute atomic E-state index is 13.5. The van der Waals surface area contributed by atoms with Gasteiger partial charge in [0.1, 0.15) is 22.7 Å². The van der Waals surface area contributed by atoms with Crippen molar-refractivity contribution < 1.29 is 4.79 Å². The molecule has 12 heteroatoms. The van der Waals surface area contributed by atoms with Crippen molar-refractivity contribution in [2.24, 2.45) is 0 Å². The van der Waals surface area contributed by atoms with Crippen molar-refractivity contribution in [3.05, 3.63) is 42.5 Å². The minimum absolute atomic E-state index is 0.166. The highest BCUT2D eigenvalue weighted by atomic mass is 16.2. The van der Waals surface area contributed by atoms with E-state index in [1.807, 2.05) is 55.2 Å². The van der Waals surface area contributed by atoms with Crippen LogP contribution >= 0.6 is 0 Å². The van der Waals surface area contributed by atoms with E-state index >= 15 is 0 Å². The third kappa shape index (κ3) is 3.97. The Hall–Kier alpha value is -4.22. The Balaban J connectivity index is 1.28. The largest absolute Gasteiger partial charge is 0.361 e. The lowest BCUT2D eigenvalue weighted by Crippen LogP contribution is -2.52. The molecule has 0 radical (unpaired) electrons. The zero-order valence-electron chi connectivity index (χ0n) is 20.6. The molecular weight excluding hydrogens is 458 g/mol. The number of carbonyl (C=O) groups is 1. The highest BCUT2D eigenvalue weighted by molar-refractivity contribution is 5.99. The number of fused-ring (bicyclic) bond motifs is 1. The molecule has 12 nitrogen and oxygen atoms in total. The van der Waals surface area contributed by atoms with E-state index in [2.05, 4.69) is 30.8 Å². The molecule has 2 aliphatic rings. The van der Waals surface area contributed by atoms with Gasteiger partial charge in [-0.2, -0.15) is 10.1 Å². The third-order valence-electron chi connectivity index (χ3n) is 6.94. The summed E-state index contributed by atoms with van der Waals surface area (Å²) in [5.74, 6) is 3.43. The predicted molar refractivity (Wildman–Crippen MR) is 137 cm³/mol. The van der Waals surface area contributed by atoms with Crippen molar-refractivity contribution in [3.8, 4) is 0 Å². The average molecular weight is 488 g/mol. The summed E-state index contributed by atoms with van der Waals surface area (Å²) in [6, 6.07) is 5.92. The number of hydrogen-bond acceptors (Lipinski definition) is 9. The van der Waals surface area contributed by atoms with Crippen molar-refractivity contribution in [2.45, 2.75) is 44.1 Å². The molecule has 4 aromatic heterocycles. The van der Waals surface area contributed by atoms with Gasteiger partial charge >= 0.3 is 0 Å². The zero-order valence-corrected chi connectivity index (χ0v) is 20.6. The van der Waals surface area contributed by atoms with Crippen LogP contribution in [0, 0.1) is 0 Å². The quantitative estimate of drug-likeness (QED) is 0.360. The average Bonchev–Trinajstić information content (AvgIpc) is 3.24. The smallest absolute Gasteiger partial charge is 0.251 e. The van der Waals surface area contributed by atoms with Crippen molar-refractivity contribution in [1.29, 1.82) is 0 Å². The van der Waals surface area contributed by atoms with Gasteiger partial charge in [0.25, 0.3) is 5.91 Å². The maximum Gasteiger partial charge on any atom is 0.251 e. The van der Waals surface area contributed by atoms with E-state index in [1.165, 1.54) is 12.8 Å². The number of nitrogens with one attached hydrogen (secondary N) is 3. The molecule has 0 bridgehead atoms. The van der Waals surface area contributed by atoms with Crippen LogP contribution in [-0.4, -0.2) is 66.8 Å². The lowest BCUT2D eigenvalue weighted by atomic mass is 9.98. The molecule has 1 aliphatic carbocycles. The van der Waals surface area contributed by atoms with Crippen LogP contribution in [0.3, 0.4) is 0 Å². The summed E-state index contributed by atoms with van der Waals surface area (Å²) in [7, 11) is 3.78. The summed E-state index contributed by atoms with van der Waals surface area (Å²) < 4.78 is 1.78. The SMILES string of the molecule is CN(C)c1cnc(NC(=O)[C@]2(C)CCCN2c2nc(Nc3cc(C4CC4)n[nH]3)c3cccn3n2)cn1. The van der Waals surface area contributed by atoms with Crippen LogP contribution in [-0.2, 0) is 4.79 Å². The lowest BCUT2D eigenvalue weighted by molar-refractivity contribution is -0.120. The lowest BCUT2D eigenvalue weighted by Gasteiger charge is -2.33. The molecule has 0 spiro atoms. The number of amides is 1. The standard InChI is InChI=1S/C24H29N11O/c1-24(22(36)28-19-13-26-20(14-25-19)33(2)3)9-5-10-34(24)23-29-21(17-6-4-11-35(17)32-23)27-18-12-16(30-31-18)15-7-8-15/h4,6,11-15H,5,7-10H2,1-3H3,(H,25,28,36)(H2,27,29,30,31,32)/t24-/m0/s1. The molecule has 1 saturated heterocycles. The van der Waals surface area contributed by atoms with Gasteiger partial charge in [-0.15, -0.1) is 5.10 Å². The van der Waals surface area contributed by atoms with Gasteiger partial charge in [-0.3, -0.25) is 9.89 Å². The topological polar surface area (TPSA) is 132 Å². The van der Waals surface area contributed by atoms with Crippen LogP contribution in [0.5, 0.6) is 0 Å². The number of nitrogens with zero attached hydrogens (tertiary/aromatic N) is 8. The van der Waals surface area contributed by atoms with Crippen molar-refractivity contribution in [1.82, 2.24) is 34.8 Å². The monoisotopic (exact) mass is 487 g/mol. The van der Waals surface area contributed by atoms with E-state index in [4.69, 9.17) is 10.1 Å². The van der Waals surface area contributed by atoms with Crippen LogP contribution in [0.15, 0.2) is 36.8 Å². The van der Waals surface area contributed by atoms with Gasteiger partial charge < -0.3 is 20.4 Å². The first-order valence-corrected chi connectivity index (χ1v) is 12.2.